The first-order valence-electron chi connectivity index (χ1n) is 6.92. The molecule has 1 unspecified atom stereocenters. The number of aryl methyl sites for hydroxylation is 2. The molecule has 1 nitrogen and oxygen atoms in total. The average molecular weight is 233 g/mol. The summed E-state index contributed by atoms with van der Waals surface area (Å²) < 4.78 is 0. The van der Waals surface area contributed by atoms with Gasteiger partial charge in [0.25, 0.3) is 0 Å². The SMILES string of the molecule is CCCCCCC(NC)c1cc(C)cc(C)c1. The Balaban J connectivity index is 2.59. The number of nitrogens with one attached hydrogen (secondary N) is 1. The van der Waals surface area contributed by atoms with E-state index < -0.39 is 0 Å². The van der Waals surface area contributed by atoms with Crippen LogP contribution < -0.4 is 5.32 Å². The smallest absolute Gasteiger partial charge is 0.0317 e. The maximum atomic E-state index is 3.45. The highest BCUT2D eigenvalue weighted by Gasteiger charge is 2.09. The summed E-state index contributed by atoms with van der Waals surface area (Å²) in [4.78, 5) is 0. The summed E-state index contributed by atoms with van der Waals surface area (Å²) in [6, 6.07) is 7.39. The number of unbranched alkanes of at least 4 members (excludes halogenated alkanes) is 3. The van der Waals surface area contributed by atoms with E-state index in [0.29, 0.717) is 6.04 Å². The Hall–Kier alpha value is -0.820. The molecule has 0 saturated carbocycles. The summed E-state index contributed by atoms with van der Waals surface area (Å²) >= 11 is 0. The summed E-state index contributed by atoms with van der Waals surface area (Å²) in [5.41, 5.74) is 4.18. The molecule has 0 aliphatic rings. The van der Waals surface area contributed by atoms with Gasteiger partial charge in [0.15, 0.2) is 0 Å². The van der Waals surface area contributed by atoms with Crippen LogP contribution in [0, 0.1) is 13.8 Å². The van der Waals surface area contributed by atoms with E-state index >= 15 is 0 Å². The Morgan fingerprint density at radius 1 is 1.00 bits per heavy atom. The van der Waals surface area contributed by atoms with Crippen LogP contribution in [0.5, 0.6) is 0 Å². The third-order valence-corrected chi connectivity index (χ3v) is 3.34. The molecule has 96 valence electrons. The lowest BCUT2D eigenvalue weighted by Gasteiger charge is -2.18. The van der Waals surface area contributed by atoms with Crippen molar-refractivity contribution in [3.8, 4) is 0 Å². The predicted molar refractivity (Wildman–Crippen MR) is 76.5 cm³/mol. The number of rotatable bonds is 7. The van der Waals surface area contributed by atoms with Gasteiger partial charge in [-0.05, 0) is 32.9 Å². The molecule has 0 aliphatic heterocycles. The third kappa shape index (κ3) is 4.91. The quantitative estimate of drug-likeness (QED) is 0.682. The van der Waals surface area contributed by atoms with Crippen LogP contribution in [0.25, 0.3) is 0 Å². The summed E-state index contributed by atoms with van der Waals surface area (Å²) in [7, 11) is 2.07. The highest BCUT2D eigenvalue weighted by atomic mass is 14.9. The van der Waals surface area contributed by atoms with E-state index in [1.807, 2.05) is 0 Å². The van der Waals surface area contributed by atoms with Crippen molar-refractivity contribution in [1.29, 1.82) is 0 Å². The molecular formula is C16H27N. The van der Waals surface area contributed by atoms with Crippen molar-refractivity contribution in [3.05, 3.63) is 34.9 Å². The van der Waals surface area contributed by atoms with E-state index in [-0.39, 0.29) is 0 Å². The molecule has 1 aromatic carbocycles. The lowest BCUT2D eigenvalue weighted by atomic mass is 9.97. The molecule has 0 fully saturated rings. The first-order chi connectivity index (χ1) is 8.17. The molecule has 0 radical (unpaired) electrons. The fourth-order valence-corrected chi connectivity index (χ4v) is 2.46. The van der Waals surface area contributed by atoms with Gasteiger partial charge in [-0.3, -0.25) is 0 Å². The first kappa shape index (κ1) is 14.2. The van der Waals surface area contributed by atoms with E-state index in [2.05, 4.69) is 51.3 Å². The van der Waals surface area contributed by atoms with E-state index in [1.54, 1.807) is 0 Å². The molecule has 0 spiro atoms. The van der Waals surface area contributed by atoms with Crippen LogP contribution in [0.3, 0.4) is 0 Å². The van der Waals surface area contributed by atoms with E-state index in [1.165, 1.54) is 48.8 Å². The van der Waals surface area contributed by atoms with E-state index in [4.69, 9.17) is 0 Å². The van der Waals surface area contributed by atoms with Gasteiger partial charge >= 0.3 is 0 Å². The minimum absolute atomic E-state index is 0.519. The number of hydrogen-bond donors (Lipinski definition) is 1. The molecular weight excluding hydrogens is 206 g/mol. The second-order valence-corrected chi connectivity index (χ2v) is 5.11. The van der Waals surface area contributed by atoms with E-state index in [9.17, 15) is 0 Å². The van der Waals surface area contributed by atoms with Crippen molar-refractivity contribution < 1.29 is 0 Å². The minimum Gasteiger partial charge on any atom is -0.313 e. The highest BCUT2D eigenvalue weighted by Crippen LogP contribution is 2.22. The lowest BCUT2D eigenvalue weighted by Crippen LogP contribution is -2.16. The van der Waals surface area contributed by atoms with Crippen molar-refractivity contribution in [1.82, 2.24) is 5.32 Å². The van der Waals surface area contributed by atoms with Crippen molar-refractivity contribution in [2.75, 3.05) is 7.05 Å². The standard InChI is InChI=1S/C16H27N/c1-5-6-7-8-9-16(17-4)15-11-13(2)10-14(3)12-15/h10-12,16-17H,5-9H2,1-4H3. The molecule has 1 heteroatoms. The van der Waals surface area contributed by atoms with Gasteiger partial charge in [-0.1, -0.05) is 61.9 Å². The van der Waals surface area contributed by atoms with Gasteiger partial charge in [0, 0.05) is 6.04 Å². The molecule has 0 aromatic heterocycles. The van der Waals surface area contributed by atoms with Crippen molar-refractivity contribution in [2.45, 2.75) is 58.9 Å². The van der Waals surface area contributed by atoms with Crippen LogP contribution >= 0.6 is 0 Å². The number of benzene rings is 1. The van der Waals surface area contributed by atoms with Crippen LogP contribution in [-0.2, 0) is 0 Å². The van der Waals surface area contributed by atoms with Gasteiger partial charge in [0.1, 0.15) is 0 Å². The molecule has 1 rings (SSSR count). The van der Waals surface area contributed by atoms with Gasteiger partial charge in [-0.25, -0.2) is 0 Å². The topological polar surface area (TPSA) is 12.0 Å². The minimum atomic E-state index is 0.519. The van der Waals surface area contributed by atoms with Crippen molar-refractivity contribution in [2.24, 2.45) is 0 Å². The fourth-order valence-electron chi connectivity index (χ4n) is 2.46. The summed E-state index contributed by atoms with van der Waals surface area (Å²) in [5, 5.41) is 3.45. The summed E-state index contributed by atoms with van der Waals surface area (Å²) in [6.45, 7) is 6.63. The molecule has 1 N–H and O–H groups in total. The molecule has 1 aromatic rings. The van der Waals surface area contributed by atoms with Crippen molar-refractivity contribution in [3.63, 3.8) is 0 Å². The third-order valence-electron chi connectivity index (χ3n) is 3.34. The summed E-state index contributed by atoms with van der Waals surface area (Å²) in [6.07, 6.45) is 6.61. The maximum absolute atomic E-state index is 3.45. The van der Waals surface area contributed by atoms with Crippen molar-refractivity contribution >= 4 is 0 Å². The second-order valence-electron chi connectivity index (χ2n) is 5.11. The molecule has 0 saturated heterocycles. The zero-order valence-corrected chi connectivity index (χ0v) is 11.8. The summed E-state index contributed by atoms with van der Waals surface area (Å²) in [5.74, 6) is 0. The van der Waals surface area contributed by atoms with Crippen LogP contribution in [0.2, 0.25) is 0 Å². The normalized spacial score (nSPS) is 12.7. The van der Waals surface area contributed by atoms with Crippen LogP contribution in [0.1, 0.15) is 61.8 Å². The fraction of sp³-hybridized carbons (Fsp3) is 0.625. The zero-order chi connectivity index (χ0) is 12.7. The Kier molecular flexibility index (Phi) is 6.28. The van der Waals surface area contributed by atoms with Gasteiger partial charge in [-0.15, -0.1) is 0 Å². The van der Waals surface area contributed by atoms with Crippen LogP contribution in [0.15, 0.2) is 18.2 Å². The monoisotopic (exact) mass is 233 g/mol. The van der Waals surface area contributed by atoms with Crippen LogP contribution in [-0.4, -0.2) is 7.05 Å². The first-order valence-corrected chi connectivity index (χ1v) is 6.92. The molecule has 1 atom stereocenters. The molecule has 0 aliphatic carbocycles. The Morgan fingerprint density at radius 2 is 1.65 bits per heavy atom. The predicted octanol–water partition coefficient (Wildman–Crippen LogP) is 4.53. The molecule has 0 amide bonds. The molecule has 17 heavy (non-hydrogen) atoms. The van der Waals surface area contributed by atoms with E-state index in [0.717, 1.165) is 0 Å². The average Bonchev–Trinajstić information content (AvgIpc) is 2.28. The van der Waals surface area contributed by atoms with Gasteiger partial charge in [-0.2, -0.15) is 0 Å². The van der Waals surface area contributed by atoms with Gasteiger partial charge < -0.3 is 5.32 Å². The second kappa shape index (κ2) is 7.50. The molecule has 0 bridgehead atoms. The largest absolute Gasteiger partial charge is 0.313 e. The maximum Gasteiger partial charge on any atom is 0.0317 e. The lowest BCUT2D eigenvalue weighted by molar-refractivity contribution is 0.505. The Morgan fingerprint density at radius 3 is 2.18 bits per heavy atom. The van der Waals surface area contributed by atoms with Gasteiger partial charge in [0.05, 0.1) is 0 Å². The molecule has 0 heterocycles. The zero-order valence-electron chi connectivity index (χ0n) is 11.8. The number of hydrogen-bond acceptors (Lipinski definition) is 1. The Bertz CT molecular complexity index is 310. The van der Waals surface area contributed by atoms with Gasteiger partial charge in [0.2, 0.25) is 0 Å². The van der Waals surface area contributed by atoms with Crippen LogP contribution in [0.4, 0.5) is 0 Å². The Labute approximate surface area is 107 Å². The highest BCUT2D eigenvalue weighted by molar-refractivity contribution is 5.30.